The van der Waals surface area contributed by atoms with Gasteiger partial charge in [-0.15, -0.1) is 10.2 Å². The van der Waals surface area contributed by atoms with E-state index in [9.17, 15) is 4.79 Å². The first kappa shape index (κ1) is 15.3. The highest BCUT2D eigenvalue weighted by molar-refractivity contribution is 5.68. The molecule has 0 N–H and O–H groups in total. The standard InChI is InChI=1S/C14H21N3O4/c1-14(2,3)21-13(18)17-8-7-10(9-17)20-12-6-5-11(19-4)15-16-12/h5-6,10H,7-9H2,1-4H3/t10-/m0/s1. The molecule has 0 spiro atoms. The molecule has 2 heterocycles. The van der Waals surface area contributed by atoms with Gasteiger partial charge in [-0.3, -0.25) is 0 Å². The Morgan fingerprint density at radius 2 is 1.95 bits per heavy atom. The largest absolute Gasteiger partial charge is 0.480 e. The van der Waals surface area contributed by atoms with Gasteiger partial charge in [0, 0.05) is 25.1 Å². The molecular weight excluding hydrogens is 274 g/mol. The summed E-state index contributed by atoms with van der Waals surface area (Å²) in [5.74, 6) is 0.857. The quantitative estimate of drug-likeness (QED) is 0.847. The van der Waals surface area contributed by atoms with Gasteiger partial charge in [-0.25, -0.2) is 4.79 Å². The van der Waals surface area contributed by atoms with Crippen LogP contribution in [0, 0.1) is 0 Å². The fourth-order valence-electron chi connectivity index (χ4n) is 1.97. The lowest BCUT2D eigenvalue weighted by atomic mass is 10.2. The lowest BCUT2D eigenvalue weighted by Gasteiger charge is -2.24. The fourth-order valence-corrected chi connectivity index (χ4v) is 1.97. The highest BCUT2D eigenvalue weighted by Crippen LogP contribution is 2.19. The van der Waals surface area contributed by atoms with Gasteiger partial charge in [-0.1, -0.05) is 0 Å². The lowest BCUT2D eigenvalue weighted by Crippen LogP contribution is -2.36. The third kappa shape index (κ3) is 4.47. The van der Waals surface area contributed by atoms with Crippen LogP contribution in [0.15, 0.2) is 12.1 Å². The van der Waals surface area contributed by atoms with E-state index in [4.69, 9.17) is 14.2 Å². The normalized spacial score (nSPS) is 18.5. The molecular formula is C14H21N3O4. The van der Waals surface area contributed by atoms with Gasteiger partial charge in [0.1, 0.15) is 11.7 Å². The summed E-state index contributed by atoms with van der Waals surface area (Å²) >= 11 is 0. The van der Waals surface area contributed by atoms with Crippen molar-refractivity contribution in [2.24, 2.45) is 0 Å². The zero-order chi connectivity index (χ0) is 15.5. The van der Waals surface area contributed by atoms with Gasteiger partial charge in [0.2, 0.25) is 11.8 Å². The molecule has 1 aromatic rings. The number of nitrogens with zero attached hydrogens (tertiary/aromatic N) is 3. The van der Waals surface area contributed by atoms with Crippen molar-refractivity contribution in [3.63, 3.8) is 0 Å². The number of amides is 1. The zero-order valence-electron chi connectivity index (χ0n) is 12.8. The van der Waals surface area contributed by atoms with E-state index in [0.29, 0.717) is 24.8 Å². The third-order valence-electron chi connectivity index (χ3n) is 2.91. The van der Waals surface area contributed by atoms with E-state index < -0.39 is 5.60 Å². The minimum Gasteiger partial charge on any atom is -0.480 e. The van der Waals surface area contributed by atoms with Crippen LogP contribution in [0.5, 0.6) is 11.8 Å². The van der Waals surface area contributed by atoms with Crippen LogP contribution in [0.1, 0.15) is 27.2 Å². The number of carbonyl (C=O) groups is 1. The molecule has 7 heteroatoms. The van der Waals surface area contributed by atoms with Crippen LogP contribution < -0.4 is 9.47 Å². The van der Waals surface area contributed by atoms with Crippen molar-refractivity contribution in [3.05, 3.63) is 12.1 Å². The number of hydrogen-bond donors (Lipinski definition) is 0. The van der Waals surface area contributed by atoms with Gasteiger partial charge in [0.05, 0.1) is 13.7 Å². The van der Waals surface area contributed by atoms with Crippen molar-refractivity contribution < 1.29 is 19.0 Å². The molecule has 2 rings (SSSR count). The molecule has 116 valence electrons. The Kier molecular flexibility index (Phi) is 4.50. The number of aromatic nitrogens is 2. The minimum absolute atomic E-state index is 0.0970. The monoisotopic (exact) mass is 295 g/mol. The van der Waals surface area contributed by atoms with Crippen molar-refractivity contribution in [1.29, 1.82) is 0 Å². The summed E-state index contributed by atoms with van der Waals surface area (Å²) in [6.45, 7) is 6.65. The molecule has 7 nitrogen and oxygen atoms in total. The maximum Gasteiger partial charge on any atom is 0.410 e. The minimum atomic E-state index is -0.489. The van der Waals surface area contributed by atoms with Gasteiger partial charge >= 0.3 is 6.09 Å². The van der Waals surface area contributed by atoms with Crippen molar-refractivity contribution in [3.8, 4) is 11.8 Å². The summed E-state index contributed by atoms with van der Waals surface area (Å²) in [7, 11) is 1.53. The summed E-state index contributed by atoms with van der Waals surface area (Å²) in [6.07, 6.45) is 0.335. The number of likely N-dealkylation sites (tertiary alicyclic amines) is 1. The van der Waals surface area contributed by atoms with Gasteiger partial charge < -0.3 is 19.1 Å². The van der Waals surface area contributed by atoms with Crippen LogP contribution in [-0.4, -0.2) is 53.1 Å². The van der Waals surface area contributed by atoms with Crippen LogP contribution in [-0.2, 0) is 4.74 Å². The summed E-state index contributed by atoms with van der Waals surface area (Å²) in [4.78, 5) is 13.6. The summed E-state index contributed by atoms with van der Waals surface area (Å²) in [6, 6.07) is 3.38. The highest BCUT2D eigenvalue weighted by atomic mass is 16.6. The Balaban J connectivity index is 1.86. The predicted octanol–water partition coefficient (Wildman–Crippen LogP) is 1.87. The van der Waals surface area contributed by atoms with Crippen LogP contribution in [0.3, 0.4) is 0 Å². The average molecular weight is 295 g/mol. The maximum atomic E-state index is 11.9. The highest BCUT2D eigenvalue weighted by Gasteiger charge is 2.31. The summed E-state index contributed by atoms with van der Waals surface area (Å²) < 4.78 is 16.0. The van der Waals surface area contributed by atoms with E-state index in [-0.39, 0.29) is 12.2 Å². The molecule has 0 aliphatic carbocycles. The first-order valence-corrected chi connectivity index (χ1v) is 6.90. The molecule has 0 radical (unpaired) electrons. The van der Waals surface area contributed by atoms with E-state index >= 15 is 0 Å². The molecule has 0 unspecified atom stereocenters. The number of rotatable bonds is 3. The van der Waals surface area contributed by atoms with E-state index in [1.54, 1.807) is 17.0 Å². The van der Waals surface area contributed by atoms with Crippen LogP contribution >= 0.6 is 0 Å². The van der Waals surface area contributed by atoms with Crippen LogP contribution in [0.4, 0.5) is 4.79 Å². The van der Waals surface area contributed by atoms with E-state index in [2.05, 4.69) is 10.2 Å². The Bertz CT molecular complexity index is 484. The van der Waals surface area contributed by atoms with Gasteiger partial charge in [0.25, 0.3) is 0 Å². The summed E-state index contributed by atoms with van der Waals surface area (Å²) in [5, 5.41) is 7.75. The second-order valence-electron chi connectivity index (χ2n) is 5.87. The van der Waals surface area contributed by atoms with Crippen LogP contribution in [0.25, 0.3) is 0 Å². The zero-order valence-corrected chi connectivity index (χ0v) is 12.8. The Morgan fingerprint density at radius 1 is 1.29 bits per heavy atom. The first-order valence-electron chi connectivity index (χ1n) is 6.90. The van der Waals surface area contributed by atoms with E-state index in [1.807, 2.05) is 20.8 Å². The first-order chi connectivity index (χ1) is 9.87. The van der Waals surface area contributed by atoms with Gasteiger partial charge in [0.15, 0.2) is 0 Å². The summed E-state index contributed by atoms with van der Waals surface area (Å²) in [5.41, 5.74) is -0.489. The van der Waals surface area contributed by atoms with Crippen molar-refractivity contribution in [1.82, 2.24) is 15.1 Å². The smallest absolute Gasteiger partial charge is 0.410 e. The van der Waals surface area contributed by atoms with Crippen molar-refractivity contribution in [2.45, 2.75) is 38.9 Å². The van der Waals surface area contributed by atoms with E-state index in [1.165, 1.54) is 7.11 Å². The second-order valence-corrected chi connectivity index (χ2v) is 5.87. The number of hydrogen-bond acceptors (Lipinski definition) is 6. The molecule has 1 aliphatic rings. The average Bonchev–Trinajstić information content (AvgIpc) is 2.86. The molecule has 1 atom stereocenters. The molecule has 21 heavy (non-hydrogen) atoms. The molecule has 0 aromatic carbocycles. The molecule has 1 amide bonds. The molecule has 1 aliphatic heterocycles. The molecule has 1 fully saturated rings. The number of carbonyl (C=O) groups excluding carboxylic acids is 1. The molecule has 1 aromatic heterocycles. The fraction of sp³-hybridized carbons (Fsp3) is 0.643. The van der Waals surface area contributed by atoms with Crippen LogP contribution in [0.2, 0.25) is 0 Å². The van der Waals surface area contributed by atoms with E-state index in [0.717, 1.165) is 6.42 Å². The van der Waals surface area contributed by atoms with Crippen molar-refractivity contribution >= 4 is 6.09 Å². The second kappa shape index (κ2) is 6.15. The predicted molar refractivity (Wildman–Crippen MR) is 75.4 cm³/mol. The number of methoxy groups -OCH3 is 1. The Morgan fingerprint density at radius 3 is 2.52 bits per heavy atom. The molecule has 0 saturated carbocycles. The van der Waals surface area contributed by atoms with Gasteiger partial charge in [-0.2, -0.15) is 0 Å². The third-order valence-corrected chi connectivity index (χ3v) is 2.91. The molecule has 1 saturated heterocycles. The van der Waals surface area contributed by atoms with Crippen molar-refractivity contribution in [2.75, 3.05) is 20.2 Å². The van der Waals surface area contributed by atoms with Gasteiger partial charge in [-0.05, 0) is 20.8 Å². The lowest BCUT2D eigenvalue weighted by molar-refractivity contribution is 0.0274. The molecule has 0 bridgehead atoms. The Labute approximate surface area is 124 Å². The Hall–Kier alpha value is -2.05. The maximum absolute atomic E-state index is 11.9. The number of ether oxygens (including phenoxy) is 3. The topological polar surface area (TPSA) is 73.8 Å². The SMILES string of the molecule is COc1ccc(O[C@H]2CCN(C(=O)OC(C)(C)C)C2)nn1.